The van der Waals surface area contributed by atoms with Crippen molar-refractivity contribution in [3.8, 4) is 0 Å². The van der Waals surface area contributed by atoms with Gasteiger partial charge in [-0.3, -0.25) is 4.79 Å². The van der Waals surface area contributed by atoms with Crippen molar-refractivity contribution < 1.29 is 4.79 Å². The van der Waals surface area contributed by atoms with E-state index in [1.54, 1.807) is 18.2 Å². The second kappa shape index (κ2) is 6.35. The highest BCUT2D eigenvalue weighted by atomic mass is 35.5. The Morgan fingerprint density at radius 2 is 2.05 bits per heavy atom. The monoisotopic (exact) mass is 286 g/mol. The Labute approximate surface area is 123 Å². The van der Waals surface area contributed by atoms with Gasteiger partial charge in [-0.25, -0.2) is 4.98 Å². The van der Waals surface area contributed by atoms with Gasteiger partial charge in [0, 0.05) is 16.8 Å². The van der Waals surface area contributed by atoms with Crippen LogP contribution in [0.4, 0.5) is 5.82 Å². The summed E-state index contributed by atoms with van der Waals surface area (Å²) in [5.74, 6) is 0.339. The van der Waals surface area contributed by atoms with Crippen LogP contribution in [0.2, 0.25) is 5.02 Å². The molecule has 2 aromatic rings. The first-order valence-corrected chi connectivity index (χ1v) is 6.61. The Hall–Kier alpha value is -2.13. The van der Waals surface area contributed by atoms with Crippen molar-refractivity contribution in [3.63, 3.8) is 0 Å². The molecule has 0 saturated heterocycles. The van der Waals surface area contributed by atoms with Crippen LogP contribution in [0, 0.1) is 13.8 Å². The molecule has 4 heteroatoms. The average molecular weight is 287 g/mol. The molecule has 0 fully saturated rings. The molecule has 1 amide bonds. The molecule has 1 aromatic heterocycles. The van der Waals surface area contributed by atoms with Crippen molar-refractivity contribution in [1.29, 1.82) is 0 Å². The Morgan fingerprint density at radius 3 is 2.75 bits per heavy atom. The molecule has 0 bridgehead atoms. The maximum atomic E-state index is 11.8. The Balaban J connectivity index is 2.05. The second-order valence-corrected chi connectivity index (χ2v) is 4.99. The number of anilines is 1. The third kappa shape index (κ3) is 4.21. The van der Waals surface area contributed by atoms with Crippen molar-refractivity contribution in [3.05, 3.63) is 64.3 Å². The van der Waals surface area contributed by atoms with Crippen molar-refractivity contribution >= 4 is 29.4 Å². The maximum absolute atomic E-state index is 11.8. The number of hydrogen-bond acceptors (Lipinski definition) is 2. The number of rotatable bonds is 3. The topological polar surface area (TPSA) is 42.0 Å². The minimum atomic E-state index is -0.220. The van der Waals surface area contributed by atoms with Crippen LogP contribution in [0.1, 0.15) is 16.8 Å². The fraction of sp³-hybridized carbons (Fsp3) is 0.125. The van der Waals surface area contributed by atoms with Crippen molar-refractivity contribution in [2.75, 3.05) is 5.32 Å². The third-order valence-corrected chi connectivity index (χ3v) is 2.86. The van der Waals surface area contributed by atoms with Crippen molar-refractivity contribution in [1.82, 2.24) is 4.98 Å². The number of nitrogens with zero attached hydrogens (tertiary/aromatic N) is 1. The number of nitrogens with one attached hydrogen (secondary N) is 1. The molecule has 20 heavy (non-hydrogen) atoms. The van der Waals surface area contributed by atoms with E-state index in [2.05, 4.69) is 10.3 Å². The molecule has 0 aliphatic carbocycles. The Morgan fingerprint density at radius 1 is 1.25 bits per heavy atom. The lowest BCUT2D eigenvalue weighted by atomic mass is 10.2. The highest BCUT2D eigenvalue weighted by Gasteiger charge is 2.01. The summed E-state index contributed by atoms with van der Waals surface area (Å²) in [4.78, 5) is 16.1. The fourth-order valence-electron chi connectivity index (χ4n) is 1.86. The van der Waals surface area contributed by atoms with Gasteiger partial charge in [-0.2, -0.15) is 0 Å². The zero-order chi connectivity index (χ0) is 14.5. The number of hydrogen-bond donors (Lipinski definition) is 1. The van der Waals surface area contributed by atoms with Gasteiger partial charge in [0.2, 0.25) is 5.91 Å². The number of aromatic nitrogens is 1. The largest absolute Gasteiger partial charge is 0.307 e. The van der Waals surface area contributed by atoms with Gasteiger partial charge >= 0.3 is 0 Å². The summed E-state index contributed by atoms with van der Waals surface area (Å²) < 4.78 is 0. The average Bonchev–Trinajstić information content (AvgIpc) is 2.35. The summed E-state index contributed by atoms with van der Waals surface area (Å²) in [6.45, 7) is 3.86. The van der Waals surface area contributed by atoms with E-state index in [1.807, 2.05) is 38.1 Å². The first-order chi connectivity index (χ1) is 9.52. The smallest absolute Gasteiger partial charge is 0.249 e. The van der Waals surface area contributed by atoms with E-state index in [0.717, 1.165) is 16.8 Å². The van der Waals surface area contributed by atoms with E-state index in [4.69, 9.17) is 11.6 Å². The lowest BCUT2D eigenvalue weighted by Crippen LogP contribution is -2.09. The van der Waals surface area contributed by atoms with Crippen molar-refractivity contribution in [2.45, 2.75) is 13.8 Å². The number of benzene rings is 1. The molecular formula is C16H15ClN2O. The molecule has 0 spiro atoms. The van der Waals surface area contributed by atoms with Gasteiger partial charge in [0.1, 0.15) is 5.82 Å². The molecular weight excluding hydrogens is 272 g/mol. The predicted octanol–water partition coefficient (Wildman–Crippen LogP) is 4.00. The molecule has 1 heterocycles. The van der Waals surface area contributed by atoms with Crippen LogP contribution < -0.4 is 5.32 Å². The van der Waals surface area contributed by atoms with Gasteiger partial charge in [0.25, 0.3) is 0 Å². The van der Waals surface area contributed by atoms with Crippen LogP contribution in [-0.2, 0) is 4.79 Å². The number of pyridine rings is 1. The van der Waals surface area contributed by atoms with Crippen molar-refractivity contribution in [2.24, 2.45) is 0 Å². The molecule has 2 rings (SSSR count). The van der Waals surface area contributed by atoms with Crippen LogP contribution >= 0.6 is 11.6 Å². The number of carbonyl (C=O) groups is 1. The van der Waals surface area contributed by atoms with Crippen LogP contribution in [0.25, 0.3) is 6.08 Å². The van der Waals surface area contributed by atoms with Gasteiger partial charge in [-0.15, -0.1) is 0 Å². The molecule has 102 valence electrons. The van der Waals surface area contributed by atoms with E-state index >= 15 is 0 Å². The Bertz CT molecular complexity index is 645. The second-order valence-electron chi connectivity index (χ2n) is 4.55. The molecule has 1 N–H and O–H groups in total. The third-order valence-electron chi connectivity index (χ3n) is 2.62. The molecule has 0 radical (unpaired) electrons. The maximum Gasteiger partial charge on any atom is 0.249 e. The summed E-state index contributed by atoms with van der Waals surface area (Å²) in [5.41, 5.74) is 2.81. The number of halogens is 1. The first kappa shape index (κ1) is 14.3. The first-order valence-electron chi connectivity index (χ1n) is 6.23. The van der Waals surface area contributed by atoms with Gasteiger partial charge in [0.05, 0.1) is 0 Å². The minimum absolute atomic E-state index is 0.220. The number of aryl methyl sites for hydroxylation is 2. The zero-order valence-electron chi connectivity index (χ0n) is 11.4. The molecule has 0 saturated carbocycles. The van der Waals surface area contributed by atoms with E-state index in [1.165, 1.54) is 6.08 Å². The van der Waals surface area contributed by atoms with Crippen LogP contribution in [0.3, 0.4) is 0 Å². The SMILES string of the molecule is Cc1cc(C)nc(NC(=O)/C=C/c2cccc(Cl)c2)c1. The Kier molecular flexibility index (Phi) is 4.53. The summed E-state index contributed by atoms with van der Waals surface area (Å²) in [5, 5.41) is 3.38. The van der Waals surface area contributed by atoms with Crippen LogP contribution in [0.5, 0.6) is 0 Å². The predicted molar refractivity (Wildman–Crippen MR) is 82.8 cm³/mol. The van der Waals surface area contributed by atoms with E-state index < -0.39 is 0 Å². The summed E-state index contributed by atoms with van der Waals surface area (Å²) >= 11 is 5.88. The fourth-order valence-corrected chi connectivity index (χ4v) is 2.05. The quantitative estimate of drug-likeness (QED) is 0.867. The van der Waals surface area contributed by atoms with Gasteiger partial charge in [0.15, 0.2) is 0 Å². The van der Waals surface area contributed by atoms with E-state index in [-0.39, 0.29) is 5.91 Å². The summed E-state index contributed by atoms with van der Waals surface area (Å²) in [6, 6.07) is 11.1. The van der Waals surface area contributed by atoms with Crippen LogP contribution in [0.15, 0.2) is 42.5 Å². The van der Waals surface area contributed by atoms with Gasteiger partial charge in [-0.1, -0.05) is 23.7 Å². The normalized spacial score (nSPS) is 10.8. The molecule has 3 nitrogen and oxygen atoms in total. The lowest BCUT2D eigenvalue weighted by Gasteiger charge is -2.04. The summed E-state index contributed by atoms with van der Waals surface area (Å²) in [7, 11) is 0. The van der Waals surface area contributed by atoms with Crippen LogP contribution in [-0.4, -0.2) is 10.9 Å². The van der Waals surface area contributed by atoms with Gasteiger partial charge < -0.3 is 5.32 Å². The highest BCUT2D eigenvalue weighted by Crippen LogP contribution is 2.12. The molecule has 0 atom stereocenters. The zero-order valence-corrected chi connectivity index (χ0v) is 12.1. The highest BCUT2D eigenvalue weighted by molar-refractivity contribution is 6.30. The number of amides is 1. The van der Waals surface area contributed by atoms with Gasteiger partial charge in [-0.05, 0) is 55.3 Å². The molecule has 0 unspecified atom stereocenters. The van der Waals surface area contributed by atoms with E-state index in [9.17, 15) is 4.79 Å². The summed E-state index contributed by atoms with van der Waals surface area (Å²) in [6.07, 6.45) is 3.18. The number of carbonyl (C=O) groups excluding carboxylic acids is 1. The standard InChI is InChI=1S/C16H15ClN2O/c1-11-8-12(2)18-15(9-11)19-16(20)7-6-13-4-3-5-14(17)10-13/h3-10H,1-2H3,(H,18,19,20)/b7-6+. The molecule has 1 aromatic carbocycles. The lowest BCUT2D eigenvalue weighted by molar-refractivity contribution is -0.111. The minimum Gasteiger partial charge on any atom is -0.307 e. The molecule has 0 aliphatic heterocycles. The molecule has 0 aliphatic rings. The van der Waals surface area contributed by atoms with E-state index in [0.29, 0.717) is 10.8 Å².